The Morgan fingerprint density at radius 1 is 1.42 bits per heavy atom. The Bertz CT molecular complexity index is 590. The van der Waals surface area contributed by atoms with Crippen LogP contribution < -0.4 is 5.32 Å². The third kappa shape index (κ3) is 2.36. The van der Waals surface area contributed by atoms with Gasteiger partial charge in [-0.1, -0.05) is 18.2 Å². The topological polar surface area (TPSA) is 48.1 Å². The number of aromatic nitrogens is 1. The van der Waals surface area contributed by atoms with E-state index in [-0.39, 0.29) is 11.9 Å². The van der Waals surface area contributed by atoms with Crippen molar-refractivity contribution in [2.45, 2.75) is 19.4 Å². The third-order valence-electron chi connectivity index (χ3n) is 3.84. The van der Waals surface area contributed by atoms with Crippen molar-refractivity contribution < 1.29 is 4.79 Å². The van der Waals surface area contributed by atoms with Crippen molar-refractivity contribution in [3.05, 3.63) is 36.0 Å². The summed E-state index contributed by atoms with van der Waals surface area (Å²) >= 11 is 0. The number of amides is 1. The number of H-pyrrole nitrogens is 1. The normalized spacial score (nSPS) is 19.8. The van der Waals surface area contributed by atoms with E-state index >= 15 is 0 Å². The summed E-state index contributed by atoms with van der Waals surface area (Å²) in [6.45, 7) is 4.69. The van der Waals surface area contributed by atoms with E-state index in [0.29, 0.717) is 6.42 Å². The van der Waals surface area contributed by atoms with E-state index in [1.807, 2.05) is 29.3 Å². The highest BCUT2D eigenvalue weighted by atomic mass is 16.2. The monoisotopic (exact) mass is 257 g/mol. The highest BCUT2D eigenvalue weighted by Gasteiger charge is 2.23. The number of nitrogens with zero attached hydrogens (tertiary/aromatic N) is 1. The lowest BCUT2D eigenvalue weighted by Gasteiger charge is -2.34. The van der Waals surface area contributed by atoms with Crippen LogP contribution in [0.1, 0.15) is 12.5 Å². The molecule has 1 saturated heterocycles. The van der Waals surface area contributed by atoms with Gasteiger partial charge in [0, 0.05) is 42.8 Å². The minimum absolute atomic E-state index is 0.221. The van der Waals surface area contributed by atoms with Crippen molar-refractivity contribution in [2.24, 2.45) is 0 Å². The second-order valence-corrected chi connectivity index (χ2v) is 5.18. The first-order chi connectivity index (χ1) is 9.25. The molecule has 1 aliphatic rings. The number of rotatable bonds is 2. The molecule has 0 radical (unpaired) electrons. The first-order valence-electron chi connectivity index (χ1n) is 6.81. The number of hydrogen-bond donors (Lipinski definition) is 2. The summed E-state index contributed by atoms with van der Waals surface area (Å²) in [7, 11) is 0. The number of carbonyl (C=O) groups is 1. The molecule has 1 amide bonds. The van der Waals surface area contributed by atoms with Crippen molar-refractivity contribution in [1.29, 1.82) is 0 Å². The van der Waals surface area contributed by atoms with Gasteiger partial charge in [-0.15, -0.1) is 0 Å². The number of para-hydroxylation sites is 1. The highest BCUT2D eigenvalue weighted by Crippen LogP contribution is 2.19. The van der Waals surface area contributed by atoms with E-state index in [4.69, 9.17) is 0 Å². The first-order valence-corrected chi connectivity index (χ1v) is 6.81. The van der Waals surface area contributed by atoms with Gasteiger partial charge in [0.25, 0.3) is 0 Å². The number of nitrogens with one attached hydrogen (secondary N) is 2. The molecule has 0 aliphatic carbocycles. The Morgan fingerprint density at radius 3 is 3.11 bits per heavy atom. The number of hydrogen-bond acceptors (Lipinski definition) is 2. The lowest BCUT2D eigenvalue weighted by Crippen LogP contribution is -2.52. The highest BCUT2D eigenvalue weighted by molar-refractivity contribution is 5.89. The summed E-state index contributed by atoms with van der Waals surface area (Å²) in [6.07, 6.45) is 2.43. The molecule has 4 heteroatoms. The molecule has 3 rings (SSSR count). The minimum atomic E-state index is 0.221. The lowest BCUT2D eigenvalue weighted by molar-refractivity contribution is -0.133. The fourth-order valence-corrected chi connectivity index (χ4v) is 2.75. The maximum atomic E-state index is 12.4. The molecule has 2 heterocycles. The molecule has 4 nitrogen and oxygen atoms in total. The van der Waals surface area contributed by atoms with Crippen LogP contribution in [-0.2, 0) is 11.2 Å². The maximum absolute atomic E-state index is 12.4. The SMILES string of the molecule is C[C@H]1CNCCN1C(=O)Cc1c[nH]c2ccccc12. The predicted octanol–water partition coefficient (Wildman–Crippen LogP) is 1.53. The van der Waals surface area contributed by atoms with Crippen LogP contribution in [0.3, 0.4) is 0 Å². The van der Waals surface area contributed by atoms with Gasteiger partial charge < -0.3 is 15.2 Å². The Morgan fingerprint density at radius 2 is 2.26 bits per heavy atom. The summed E-state index contributed by atoms with van der Waals surface area (Å²) in [4.78, 5) is 17.6. The van der Waals surface area contributed by atoms with E-state index < -0.39 is 0 Å². The van der Waals surface area contributed by atoms with Gasteiger partial charge in [-0.25, -0.2) is 0 Å². The molecule has 100 valence electrons. The summed E-state index contributed by atoms with van der Waals surface area (Å²) in [5.41, 5.74) is 2.19. The van der Waals surface area contributed by atoms with Crippen molar-refractivity contribution in [3.63, 3.8) is 0 Å². The van der Waals surface area contributed by atoms with Gasteiger partial charge in [0.15, 0.2) is 0 Å². The Hall–Kier alpha value is -1.81. The second-order valence-electron chi connectivity index (χ2n) is 5.18. The van der Waals surface area contributed by atoms with Crippen molar-refractivity contribution >= 4 is 16.8 Å². The standard InChI is InChI=1S/C15H19N3O/c1-11-9-16-6-7-18(11)15(19)8-12-10-17-14-5-3-2-4-13(12)14/h2-5,10-11,16-17H,6-9H2,1H3/t11-/m0/s1. The van der Waals surface area contributed by atoms with Crippen LogP contribution in [0.15, 0.2) is 30.5 Å². The number of piperazine rings is 1. The molecule has 0 spiro atoms. The fourth-order valence-electron chi connectivity index (χ4n) is 2.75. The van der Waals surface area contributed by atoms with E-state index in [2.05, 4.69) is 23.3 Å². The van der Waals surface area contributed by atoms with Crippen molar-refractivity contribution in [1.82, 2.24) is 15.2 Å². The Kier molecular flexibility index (Phi) is 3.25. The summed E-state index contributed by atoms with van der Waals surface area (Å²) in [6, 6.07) is 8.40. The smallest absolute Gasteiger partial charge is 0.227 e. The number of aromatic amines is 1. The average Bonchev–Trinajstić information content (AvgIpc) is 2.83. The first kappa shape index (κ1) is 12.2. The molecule has 0 saturated carbocycles. The number of benzene rings is 1. The van der Waals surface area contributed by atoms with Crippen LogP contribution in [0.25, 0.3) is 10.9 Å². The number of carbonyl (C=O) groups excluding carboxylic acids is 1. The molecule has 0 bridgehead atoms. The Balaban J connectivity index is 1.79. The van der Waals surface area contributed by atoms with Gasteiger partial charge >= 0.3 is 0 Å². The van der Waals surface area contributed by atoms with E-state index in [1.54, 1.807) is 0 Å². The summed E-state index contributed by atoms with van der Waals surface area (Å²) in [5, 5.41) is 4.46. The predicted molar refractivity (Wildman–Crippen MR) is 76.0 cm³/mol. The molecule has 2 N–H and O–H groups in total. The lowest BCUT2D eigenvalue weighted by atomic mass is 10.1. The van der Waals surface area contributed by atoms with Gasteiger partial charge in [0.2, 0.25) is 5.91 Å². The molecule has 1 aliphatic heterocycles. The molecular formula is C15H19N3O. The van der Waals surface area contributed by atoms with Gasteiger partial charge in [-0.05, 0) is 18.6 Å². The fraction of sp³-hybridized carbons (Fsp3) is 0.400. The van der Waals surface area contributed by atoms with Crippen LogP contribution in [0, 0.1) is 0 Å². The molecule has 2 aromatic rings. The third-order valence-corrected chi connectivity index (χ3v) is 3.84. The van der Waals surface area contributed by atoms with Gasteiger partial charge in [0.1, 0.15) is 0 Å². The molecular weight excluding hydrogens is 238 g/mol. The summed E-state index contributed by atoms with van der Waals surface area (Å²) in [5.74, 6) is 0.221. The zero-order valence-corrected chi connectivity index (χ0v) is 11.1. The molecule has 0 unspecified atom stereocenters. The van der Waals surface area contributed by atoms with Crippen LogP contribution in [0.2, 0.25) is 0 Å². The quantitative estimate of drug-likeness (QED) is 0.857. The largest absolute Gasteiger partial charge is 0.361 e. The zero-order valence-electron chi connectivity index (χ0n) is 11.1. The van der Waals surface area contributed by atoms with Crippen molar-refractivity contribution in [2.75, 3.05) is 19.6 Å². The van der Waals surface area contributed by atoms with Crippen LogP contribution in [0.4, 0.5) is 0 Å². The molecule has 1 fully saturated rings. The van der Waals surface area contributed by atoms with Crippen LogP contribution in [-0.4, -0.2) is 41.5 Å². The van der Waals surface area contributed by atoms with E-state index in [0.717, 1.165) is 36.1 Å². The van der Waals surface area contributed by atoms with Crippen LogP contribution >= 0.6 is 0 Å². The van der Waals surface area contributed by atoms with Crippen LogP contribution in [0.5, 0.6) is 0 Å². The van der Waals surface area contributed by atoms with Gasteiger partial charge in [-0.2, -0.15) is 0 Å². The maximum Gasteiger partial charge on any atom is 0.227 e. The summed E-state index contributed by atoms with van der Waals surface area (Å²) < 4.78 is 0. The second kappa shape index (κ2) is 5.05. The van der Waals surface area contributed by atoms with Gasteiger partial charge in [-0.3, -0.25) is 4.79 Å². The molecule has 1 atom stereocenters. The van der Waals surface area contributed by atoms with Gasteiger partial charge in [0.05, 0.1) is 6.42 Å². The molecule has 1 aromatic heterocycles. The molecule has 1 aromatic carbocycles. The van der Waals surface area contributed by atoms with Crippen molar-refractivity contribution in [3.8, 4) is 0 Å². The average molecular weight is 257 g/mol. The zero-order chi connectivity index (χ0) is 13.2. The van der Waals surface area contributed by atoms with E-state index in [9.17, 15) is 4.79 Å². The molecule has 19 heavy (non-hydrogen) atoms. The Labute approximate surface area is 112 Å². The van der Waals surface area contributed by atoms with E-state index in [1.165, 1.54) is 0 Å². The minimum Gasteiger partial charge on any atom is -0.361 e. The number of fused-ring (bicyclic) bond motifs is 1.